The minimum absolute atomic E-state index is 0.135. The molecule has 0 aliphatic rings. The molecule has 6 heteroatoms. The molecule has 0 bridgehead atoms. The minimum atomic E-state index is -5.85. The summed E-state index contributed by atoms with van der Waals surface area (Å²) in [4.78, 5) is 29.1. The van der Waals surface area contributed by atoms with Crippen molar-refractivity contribution in [2.75, 3.05) is 0 Å². The van der Waals surface area contributed by atoms with Crippen LogP contribution in [0, 0.1) is 0 Å². The Morgan fingerprint density at radius 3 is 0.783 bits per heavy atom. The van der Waals surface area contributed by atoms with Crippen molar-refractivity contribution in [3.63, 3.8) is 0 Å². The van der Waals surface area contributed by atoms with Crippen LogP contribution >= 0.6 is 0 Å². The first kappa shape index (κ1) is 30.9. The van der Waals surface area contributed by atoms with E-state index in [9.17, 15) is 9.59 Å². The molecule has 0 radical (unpaired) electrons. The Labute approximate surface area is 270 Å². The molecular formula is C40H33BiO5. The van der Waals surface area contributed by atoms with E-state index in [1.54, 1.807) is 13.8 Å². The summed E-state index contributed by atoms with van der Waals surface area (Å²) in [5, 5.41) is 0. The summed E-state index contributed by atoms with van der Waals surface area (Å²) in [6.07, 6.45) is 0. The zero-order valence-electron chi connectivity index (χ0n) is 25.6. The number of hydrogen-bond acceptors (Lipinski definition) is 5. The maximum atomic E-state index is 14.5. The van der Waals surface area contributed by atoms with Crippen molar-refractivity contribution in [3.8, 4) is 34.5 Å². The van der Waals surface area contributed by atoms with Crippen LogP contribution in [0.1, 0.15) is 13.8 Å². The van der Waals surface area contributed by atoms with Gasteiger partial charge >= 0.3 is 272 Å². The number of ether oxygens (including phenoxy) is 3. The molecule has 0 aromatic heterocycles. The molecule has 0 N–H and O–H groups in total. The number of para-hydroxylation sites is 3. The number of hydrogen-bond donors (Lipinski definition) is 0. The Morgan fingerprint density at radius 2 is 0.565 bits per heavy atom. The first-order valence-electron chi connectivity index (χ1n) is 14.9. The third-order valence-corrected chi connectivity index (χ3v) is 33.6. The van der Waals surface area contributed by atoms with Crippen LogP contribution in [0.2, 0.25) is 0 Å². The summed E-state index contributed by atoms with van der Waals surface area (Å²) in [5.74, 6) is 3.91. The van der Waals surface area contributed by atoms with Gasteiger partial charge in [0.15, 0.2) is 0 Å². The molecule has 6 aromatic rings. The molecule has 0 saturated heterocycles. The van der Waals surface area contributed by atoms with Crippen LogP contribution in [-0.2, 0) is 9.59 Å². The van der Waals surface area contributed by atoms with Gasteiger partial charge in [-0.3, -0.25) is 0 Å². The molecule has 5 nitrogen and oxygen atoms in total. The van der Waals surface area contributed by atoms with Gasteiger partial charge in [0.25, 0.3) is 0 Å². The first-order chi connectivity index (χ1) is 22.4. The molecule has 6 aromatic carbocycles. The van der Waals surface area contributed by atoms with Crippen molar-refractivity contribution in [3.05, 3.63) is 164 Å². The molecular weight excluding hydrogens is 769 g/mol. The van der Waals surface area contributed by atoms with Gasteiger partial charge in [0, 0.05) is 0 Å². The van der Waals surface area contributed by atoms with Gasteiger partial charge in [-0.2, -0.15) is 0 Å². The molecule has 0 saturated carbocycles. The van der Waals surface area contributed by atoms with Crippen LogP contribution in [0.3, 0.4) is 0 Å². The van der Waals surface area contributed by atoms with Crippen molar-refractivity contribution in [2.24, 2.45) is 0 Å². The van der Waals surface area contributed by atoms with E-state index in [0.29, 0.717) is 44.3 Å². The zero-order chi connectivity index (χ0) is 32.0. The molecule has 0 atom stereocenters. The Hall–Kier alpha value is -5.06. The van der Waals surface area contributed by atoms with Gasteiger partial charge in [-0.05, 0) is 0 Å². The van der Waals surface area contributed by atoms with E-state index in [1.165, 1.54) is 0 Å². The van der Waals surface area contributed by atoms with Gasteiger partial charge in [0.2, 0.25) is 0 Å². The van der Waals surface area contributed by atoms with Crippen LogP contribution in [0.5, 0.6) is 34.5 Å². The van der Waals surface area contributed by atoms with E-state index in [2.05, 4.69) is 0 Å². The molecule has 0 aliphatic carbocycles. The Kier molecular flexibility index (Phi) is 8.83. The maximum absolute atomic E-state index is 14.5. The second-order valence-corrected chi connectivity index (χ2v) is 30.5. The number of carbonyl (C=O) groups excluding carboxylic acids is 2. The number of carbonyl (C=O) groups is 2. The summed E-state index contributed by atoms with van der Waals surface area (Å²) in [6, 6.07) is 50.8. The molecule has 46 heavy (non-hydrogen) atoms. The van der Waals surface area contributed by atoms with Gasteiger partial charge in [0.05, 0.1) is 0 Å². The quantitative estimate of drug-likeness (QED) is 0.126. The van der Waals surface area contributed by atoms with Crippen LogP contribution < -0.4 is 24.0 Å². The summed E-state index contributed by atoms with van der Waals surface area (Å²) < 4.78 is 20.1. The second-order valence-electron chi connectivity index (χ2n) is 10.9. The standard InChI is InChI=1S/3C12H9O.2C2H3O.Bi/c3*1-3-7-11(8-4-1)13-12-9-5-2-6-10-12;2*1-2-3;/h3*1,3-10H;2*1H3;. The van der Waals surface area contributed by atoms with Crippen LogP contribution in [-0.4, -0.2) is 25.8 Å². The van der Waals surface area contributed by atoms with Crippen LogP contribution in [0.15, 0.2) is 164 Å². The fraction of sp³-hybridized carbons (Fsp3) is 0.0500. The monoisotopic (exact) mass is 802 g/mol. The number of benzene rings is 6. The van der Waals surface area contributed by atoms with Gasteiger partial charge in [-0.15, -0.1) is 0 Å². The molecule has 0 unspecified atom stereocenters. The van der Waals surface area contributed by atoms with Gasteiger partial charge in [0.1, 0.15) is 0 Å². The van der Waals surface area contributed by atoms with Crippen molar-refractivity contribution in [2.45, 2.75) is 13.8 Å². The van der Waals surface area contributed by atoms with E-state index in [0.717, 1.165) is 0 Å². The fourth-order valence-electron chi connectivity index (χ4n) is 6.07. The summed E-state index contributed by atoms with van der Waals surface area (Å²) >= 11 is -5.85. The van der Waals surface area contributed by atoms with Crippen LogP contribution in [0.4, 0.5) is 0 Å². The average Bonchev–Trinajstić information content (AvgIpc) is 3.08. The predicted octanol–water partition coefficient (Wildman–Crippen LogP) is 7.74. The summed E-state index contributed by atoms with van der Waals surface area (Å²) in [7, 11) is 0. The third kappa shape index (κ3) is 5.50. The molecule has 228 valence electrons. The molecule has 6 rings (SSSR count). The fourth-order valence-corrected chi connectivity index (χ4v) is 28.4. The van der Waals surface area contributed by atoms with E-state index in [-0.39, 0.29) is 6.98 Å². The van der Waals surface area contributed by atoms with Crippen LogP contribution in [0.25, 0.3) is 0 Å². The SMILES string of the molecule is C[C](=O)[Bi]([C](C)=O)([c]1ccc(Oc2ccccc2)cc1)([c]1ccc(Oc2ccccc2)cc1)[c]1ccc(Oc2ccccc2)cc1. The van der Waals surface area contributed by atoms with Crippen molar-refractivity contribution in [1.82, 2.24) is 0 Å². The molecule has 0 aliphatic heterocycles. The van der Waals surface area contributed by atoms with Gasteiger partial charge in [-0.25, -0.2) is 0 Å². The van der Waals surface area contributed by atoms with E-state index in [1.807, 2.05) is 164 Å². The molecule has 0 amide bonds. The molecule has 0 spiro atoms. The van der Waals surface area contributed by atoms with Crippen molar-refractivity contribution < 1.29 is 23.8 Å². The zero-order valence-corrected chi connectivity index (χ0v) is 29.1. The third-order valence-electron chi connectivity index (χ3n) is 8.26. The van der Waals surface area contributed by atoms with E-state index < -0.39 is 18.8 Å². The van der Waals surface area contributed by atoms with Crippen molar-refractivity contribution in [1.29, 1.82) is 0 Å². The van der Waals surface area contributed by atoms with E-state index >= 15 is 0 Å². The van der Waals surface area contributed by atoms with Gasteiger partial charge in [-0.1, -0.05) is 0 Å². The average molecular weight is 803 g/mol. The number of rotatable bonds is 11. The summed E-state index contributed by atoms with van der Waals surface area (Å²) in [6.45, 7) is 3.12. The Bertz CT molecular complexity index is 1710. The normalized spacial score (nSPS) is 11.9. The molecule has 0 heterocycles. The predicted molar refractivity (Wildman–Crippen MR) is 185 cm³/mol. The molecule has 0 fully saturated rings. The Balaban J connectivity index is 1.51. The van der Waals surface area contributed by atoms with Gasteiger partial charge < -0.3 is 0 Å². The van der Waals surface area contributed by atoms with E-state index in [4.69, 9.17) is 14.2 Å². The first-order valence-corrected chi connectivity index (χ1v) is 23.6. The Morgan fingerprint density at radius 1 is 0.348 bits per heavy atom. The summed E-state index contributed by atoms with van der Waals surface area (Å²) in [5.41, 5.74) is 0. The van der Waals surface area contributed by atoms with Crippen molar-refractivity contribution >= 4 is 35.6 Å². The second kappa shape index (κ2) is 13.1. The topological polar surface area (TPSA) is 61.8 Å².